The van der Waals surface area contributed by atoms with Crippen molar-refractivity contribution in [2.45, 2.75) is 31.9 Å². The van der Waals surface area contributed by atoms with E-state index in [1.807, 2.05) is 0 Å². The molecule has 5 aliphatic rings. The van der Waals surface area contributed by atoms with Crippen LogP contribution in [0.25, 0.3) is 0 Å². The van der Waals surface area contributed by atoms with Crippen LogP contribution in [0.15, 0.2) is 60.7 Å². The Kier molecular flexibility index (Phi) is 8.89. The van der Waals surface area contributed by atoms with Gasteiger partial charge in [0.15, 0.2) is 17.1 Å². The highest BCUT2D eigenvalue weighted by atomic mass is 16.5. The number of nitrogens with one attached hydrogen (secondary N) is 2. The van der Waals surface area contributed by atoms with E-state index in [1.165, 1.54) is 21.1 Å². The van der Waals surface area contributed by atoms with Crippen LogP contribution in [0.4, 0.5) is 0 Å². The van der Waals surface area contributed by atoms with Crippen LogP contribution in [0.3, 0.4) is 0 Å². The second-order valence-electron chi connectivity index (χ2n) is 10.3. The molecule has 11 heteroatoms. The molecular formula is C32H35N3O8. The Balaban J connectivity index is 1.46. The highest BCUT2D eigenvalue weighted by molar-refractivity contribution is 5.95. The minimum absolute atomic E-state index is 0.0391. The summed E-state index contributed by atoms with van der Waals surface area (Å²) < 4.78 is 29.3. The molecule has 1 fully saturated rings. The molecule has 0 radical (unpaired) electrons. The van der Waals surface area contributed by atoms with Crippen LogP contribution in [-0.4, -0.2) is 68.7 Å². The Labute approximate surface area is 250 Å². The van der Waals surface area contributed by atoms with Crippen molar-refractivity contribution in [1.82, 2.24) is 15.5 Å². The van der Waals surface area contributed by atoms with Crippen molar-refractivity contribution in [1.29, 1.82) is 0 Å². The average Bonchev–Trinajstić information content (AvgIpc) is 3.02. The molecule has 3 amide bonds. The molecule has 0 unspecified atom stereocenters. The summed E-state index contributed by atoms with van der Waals surface area (Å²) in [5, 5.41) is 5.87. The highest BCUT2D eigenvalue weighted by Crippen LogP contribution is 2.35. The number of carbonyl (C=O) groups excluding carboxylic acids is 3. The average molecular weight is 590 g/mol. The second kappa shape index (κ2) is 12.9. The maximum absolute atomic E-state index is 13.7. The Bertz CT molecular complexity index is 1480. The molecule has 0 aliphatic carbocycles. The number of piperidine rings is 1. The number of hydrogen-bond donors (Lipinski definition) is 2. The van der Waals surface area contributed by atoms with E-state index in [-0.39, 0.29) is 37.4 Å². The zero-order chi connectivity index (χ0) is 30.4. The van der Waals surface area contributed by atoms with Gasteiger partial charge in [0.05, 0.1) is 20.8 Å². The summed E-state index contributed by atoms with van der Waals surface area (Å²) in [7, 11) is 3.06. The molecule has 11 nitrogen and oxygen atoms in total. The largest absolute Gasteiger partial charge is 0.496 e. The van der Waals surface area contributed by atoms with Crippen molar-refractivity contribution in [3.8, 4) is 34.5 Å². The van der Waals surface area contributed by atoms with Crippen LogP contribution < -0.4 is 34.3 Å². The number of methoxy groups -OCH3 is 2. The second-order valence-corrected chi connectivity index (χ2v) is 10.3. The van der Waals surface area contributed by atoms with Gasteiger partial charge in [0.1, 0.15) is 29.6 Å². The summed E-state index contributed by atoms with van der Waals surface area (Å²) in [4.78, 5) is 40.3. The van der Waals surface area contributed by atoms with Crippen LogP contribution in [0, 0.1) is 0 Å². The first-order valence-corrected chi connectivity index (χ1v) is 14.1. The van der Waals surface area contributed by atoms with Gasteiger partial charge in [0.25, 0.3) is 11.8 Å². The Morgan fingerprint density at radius 3 is 2.26 bits per heavy atom. The maximum atomic E-state index is 13.7. The summed E-state index contributed by atoms with van der Waals surface area (Å²) in [6.45, 7) is 3.01. The van der Waals surface area contributed by atoms with Gasteiger partial charge >= 0.3 is 0 Å². The third-order valence-electron chi connectivity index (χ3n) is 7.58. The van der Waals surface area contributed by atoms with E-state index in [4.69, 9.17) is 23.7 Å². The number of rotatable bonds is 2. The zero-order valence-electron chi connectivity index (χ0n) is 24.4. The molecule has 3 aromatic rings. The van der Waals surface area contributed by atoms with E-state index >= 15 is 0 Å². The lowest BCUT2D eigenvalue weighted by Gasteiger charge is -2.40. The SMILES string of the molecule is COc1cc2ccc1CNC(=O)C1(CCN(C(C)=O)CC1)Oc1ccc(cc1)OCCNC(=O)c1ccc(OC)c(c1)O2. The monoisotopic (exact) mass is 589 g/mol. The van der Waals surface area contributed by atoms with Crippen LogP contribution >= 0.6 is 0 Å². The Morgan fingerprint density at radius 2 is 1.56 bits per heavy atom. The summed E-state index contributed by atoms with van der Waals surface area (Å²) in [5.41, 5.74) is -0.0509. The number of likely N-dealkylation sites (tertiary alicyclic amines) is 1. The first-order chi connectivity index (χ1) is 20.8. The normalized spacial score (nSPS) is 16.9. The minimum Gasteiger partial charge on any atom is -0.496 e. The molecule has 6 bridgehead atoms. The number of amides is 3. The van der Waals surface area contributed by atoms with Crippen molar-refractivity contribution >= 4 is 17.7 Å². The standard InChI is InChI=1S/C32H35N3O8/c1-21(36)35-15-12-32(13-16-35)31(38)34-20-23-4-6-26(19-28(23)40-3)42-29-18-22(5-11-27(29)39-2)30(37)33-14-17-41-24-7-9-25(43-32)10-8-24/h4-11,18-19H,12-17,20H2,1-3H3,(H,33,37)(H,34,38). The van der Waals surface area contributed by atoms with Gasteiger partial charge in [-0.2, -0.15) is 0 Å². The van der Waals surface area contributed by atoms with E-state index in [0.29, 0.717) is 66.0 Å². The van der Waals surface area contributed by atoms with Crippen LogP contribution in [0.1, 0.15) is 35.7 Å². The van der Waals surface area contributed by atoms with Crippen molar-refractivity contribution in [2.75, 3.05) is 40.5 Å². The molecule has 5 heterocycles. The lowest BCUT2D eigenvalue weighted by atomic mass is 9.89. The first-order valence-electron chi connectivity index (χ1n) is 14.1. The van der Waals surface area contributed by atoms with Gasteiger partial charge in [-0.15, -0.1) is 0 Å². The maximum Gasteiger partial charge on any atom is 0.264 e. The van der Waals surface area contributed by atoms with Gasteiger partial charge in [-0.1, -0.05) is 0 Å². The van der Waals surface area contributed by atoms with E-state index in [9.17, 15) is 14.4 Å². The van der Waals surface area contributed by atoms with Crippen LogP contribution in [0.5, 0.6) is 34.5 Å². The van der Waals surface area contributed by atoms with Crippen molar-refractivity contribution < 1.29 is 38.1 Å². The number of nitrogens with zero attached hydrogens (tertiary/aromatic N) is 1. The Hall–Kier alpha value is -4.93. The molecule has 0 aromatic heterocycles. The lowest BCUT2D eigenvalue weighted by molar-refractivity contribution is -0.145. The molecule has 8 rings (SSSR count). The summed E-state index contributed by atoms with van der Waals surface area (Å²) in [6, 6.07) is 17.2. The van der Waals surface area contributed by atoms with E-state index in [2.05, 4.69) is 10.6 Å². The van der Waals surface area contributed by atoms with Gasteiger partial charge < -0.3 is 39.2 Å². The third-order valence-corrected chi connectivity index (χ3v) is 7.58. The molecule has 0 atom stereocenters. The summed E-state index contributed by atoms with van der Waals surface area (Å²) >= 11 is 0. The smallest absolute Gasteiger partial charge is 0.264 e. The third kappa shape index (κ3) is 6.77. The molecule has 1 spiro atoms. The zero-order valence-corrected chi connectivity index (χ0v) is 24.4. The van der Waals surface area contributed by atoms with E-state index in [1.54, 1.807) is 65.6 Å². The fourth-order valence-corrected chi connectivity index (χ4v) is 5.12. The van der Waals surface area contributed by atoms with Crippen molar-refractivity contribution in [3.05, 3.63) is 71.8 Å². The topological polar surface area (TPSA) is 125 Å². The molecule has 226 valence electrons. The molecule has 43 heavy (non-hydrogen) atoms. The van der Waals surface area contributed by atoms with Gasteiger partial charge in [-0.05, 0) is 54.6 Å². The first kappa shape index (κ1) is 29.6. The number of hydrogen-bond acceptors (Lipinski definition) is 8. The predicted octanol–water partition coefficient (Wildman–Crippen LogP) is 3.69. The van der Waals surface area contributed by atoms with Gasteiger partial charge in [-0.25, -0.2) is 0 Å². The number of benzene rings is 3. The molecule has 5 aliphatic heterocycles. The highest BCUT2D eigenvalue weighted by Gasteiger charge is 2.44. The van der Waals surface area contributed by atoms with Crippen LogP contribution in [0.2, 0.25) is 0 Å². The lowest BCUT2D eigenvalue weighted by Crippen LogP contribution is -2.57. The number of carbonyl (C=O) groups is 3. The summed E-state index contributed by atoms with van der Waals surface area (Å²) in [6.07, 6.45) is 0.669. The molecule has 3 aromatic carbocycles. The predicted molar refractivity (Wildman–Crippen MR) is 157 cm³/mol. The molecular weight excluding hydrogens is 554 g/mol. The van der Waals surface area contributed by atoms with Gasteiger partial charge in [-0.3, -0.25) is 14.4 Å². The van der Waals surface area contributed by atoms with Gasteiger partial charge in [0.2, 0.25) is 5.91 Å². The quantitative estimate of drug-likeness (QED) is 0.464. The minimum atomic E-state index is -1.17. The van der Waals surface area contributed by atoms with E-state index < -0.39 is 5.60 Å². The van der Waals surface area contributed by atoms with E-state index in [0.717, 1.165) is 5.56 Å². The van der Waals surface area contributed by atoms with Crippen LogP contribution in [-0.2, 0) is 16.1 Å². The molecule has 0 saturated carbocycles. The summed E-state index contributed by atoms with van der Waals surface area (Å²) in [5.74, 6) is 2.25. The fraction of sp³-hybridized carbons (Fsp3) is 0.344. The fourth-order valence-electron chi connectivity index (χ4n) is 5.12. The molecule has 1 saturated heterocycles. The number of ether oxygens (including phenoxy) is 5. The Morgan fingerprint density at radius 1 is 0.860 bits per heavy atom. The van der Waals surface area contributed by atoms with Gasteiger partial charge in [0, 0.05) is 56.6 Å². The molecule has 2 N–H and O–H groups in total. The van der Waals surface area contributed by atoms with Crippen molar-refractivity contribution in [3.63, 3.8) is 0 Å². The van der Waals surface area contributed by atoms with Crippen molar-refractivity contribution in [2.24, 2.45) is 0 Å².